The first kappa shape index (κ1) is 17.4. The number of hydrogen-bond donors (Lipinski definition) is 1. The Balaban J connectivity index is 1.45. The zero-order valence-corrected chi connectivity index (χ0v) is 15.1. The van der Waals surface area contributed by atoms with Crippen LogP contribution in [0.3, 0.4) is 0 Å². The number of benzene rings is 1. The number of piperidine rings is 1. The maximum Gasteiger partial charge on any atom is 0.169 e. The molecule has 3 rings (SSSR count). The number of thiocarbonyl (C=S) groups is 1. The Morgan fingerprint density at radius 3 is 2.58 bits per heavy atom. The average Bonchev–Trinajstić information content (AvgIpc) is 3.13. The molecule has 0 bridgehead atoms. The van der Waals surface area contributed by atoms with Crippen LogP contribution in [0.1, 0.15) is 41.6 Å². The molecule has 0 aromatic heterocycles. The van der Waals surface area contributed by atoms with Crippen molar-refractivity contribution in [3.63, 3.8) is 0 Å². The topological polar surface area (TPSA) is 41.6 Å². The molecule has 1 atom stereocenters. The second kappa shape index (κ2) is 8.08. The number of ether oxygens (including phenoxy) is 1. The minimum Gasteiger partial charge on any atom is -0.376 e. The minimum atomic E-state index is 0.116. The standard InChI is InChI=1S/C19H26N2O2S/c1-14-4-6-15(7-5-14)18(22)16-8-10-21(11-9-16)19(24)20-13-17-3-2-12-23-17/h4-7,16-17H,2-3,8-13H2,1H3,(H,20,24)/t17-/m1/s1. The number of nitrogens with one attached hydrogen (secondary N) is 1. The SMILES string of the molecule is Cc1ccc(C(=O)C2CCN(C(=S)NC[C@H]3CCCO3)CC2)cc1. The van der Waals surface area contributed by atoms with E-state index in [1.54, 1.807) is 0 Å². The molecule has 130 valence electrons. The monoisotopic (exact) mass is 346 g/mol. The van der Waals surface area contributed by atoms with Crippen molar-refractivity contribution in [3.05, 3.63) is 35.4 Å². The Morgan fingerprint density at radius 2 is 1.96 bits per heavy atom. The van der Waals surface area contributed by atoms with Crippen LogP contribution in [0, 0.1) is 12.8 Å². The maximum atomic E-state index is 12.6. The molecule has 4 nitrogen and oxygen atoms in total. The normalized spacial score (nSPS) is 21.7. The summed E-state index contributed by atoms with van der Waals surface area (Å²) in [6.07, 6.45) is 4.29. The summed E-state index contributed by atoms with van der Waals surface area (Å²) in [6.45, 7) is 5.39. The van der Waals surface area contributed by atoms with E-state index in [0.717, 1.165) is 62.6 Å². The molecule has 0 amide bonds. The number of aryl methyl sites for hydroxylation is 1. The third-order valence-electron chi connectivity index (χ3n) is 4.99. The van der Waals surface area contributed by atoms with Crippen molar-refractivity contribution in [2.75, 3.05) is 26.2 Å². The van der Waals surface area contributed by atoms with Gasteiger partial charge >= 0.3 is 0 Å². The fourth-order valence-corrected chi connectivity index (χ4v) is 3.68. The van der Waals surface area contributed by atoms with Crippen molar-refractivity contribution in [3.8, 4) is 0 Å². The van der Waals surface area contributed by atoms with Gasteiger partial charge in [-0.3, -0.25) is 4.79 Å². The minimum absolute atomic E-state index is 0.116. The molecule has 1 aromatic carbocycles. The van der Waals surface area contributed by atoms with Crippen molar-refractivity contribution in [1.82, 2.24) is 10.2 Å². The first-order valence-corrected chi connectivity index (χ1v) is 9.29. The molecule has 2 aliphatic heterocycles. The van der Waals surface area contributed by atoms with Crippen LogP contribution >= 0.6 is 12.2 Å². The second-order valence-electron chi connectivity index (χ2n) is 6.81. The molecule has 0 saturated carbocycles. The van der Waals surface area contributed by atoms with E-state index in [1.807, 2.05) is 31.2 Å². The van der Waals surface area contributed by atoms with Gasteiger partial charge in [0.05, 0.1) is 6.10 Å². The fraction of sp³-hybridized carbons (Fsp3) is 0.579. The Hall–Kier alpha value is -1.46. The van der Waals surface area contributed by atoms with Crippen molar-refractivity contribution < 1.29 is 9.53 Å². The highest BCUT2D eigenvalue weighted by molar-refractivity contribution is 7.80. The molecule has 1 N–H and O–H groups in total. The van der Waals surface area contributed by atoms with Crippen molar-refractivity contribution in [1.29, 1.82) is 0 Å². The predicted molar refractivity (Wildman–Crippen MR) is 99.4 cm³/mol. The van der Waals surface area contributed by atoms with Gasteiger partial charge in [0.1, 0.15) is 0 Å². The fourth-order valence-electron chi connectivity index (χ4n) is 3.42. The smallest absolute Gasteiger partial charge is 0.169 e. The summed E-state index contributed by atoms with van der Waals surface area (Å²) in [5.41, 5.74) is 2.02. The van der Waals surface area contributed by atoms with Gasteiger partial charge in [0.2, 0.25) is 0 Å². The Bertz CT molecular complexity index is 574. The molecular formula is C19H26N2O2S. The van der Waals surface area contributed by atoms with Gasteiger partial charge in [-0.2, -0.15) is 0 Å². The highest BCUT2D eigenvalue weighted by Gasteiger charge is 2.27. The second-order valence-corrected chi connectivity index (χ2v) is 7.20. The van der Waals surface area contributed by atoms with Crippen LogP contribution in [0.25, 0.3) is 0 Å². The average molecular weight is 346 g/mol. The van der Waals surface area contributed by atoms with Crippen LogP contribution < -0.4 is 5.32 Å². The Kier molecular flexibility index (Phi) is 5.85. The molecular weight excluding hydrogens is 320 g/mol. The van der Waals surface area contributed by atoms with Gasteiger partial charge in [-0.1, -0.05) is 29.8 Å². The molecule has 5 heteroatoms. The number of Topliss-reactive ketones (excluding diaryl/α,β-unsaturated/α-hetero) is 1. The van der Waals surface area contributed by atoms with E-state index in [-0.39, 0.29) is 11.7 Å². The van der Waals surface area contributed by atoms with Crippen molar-refractivity contribution >= 4 is 23.1 Å². The van der Waals surface area contributed by atoms with E-state index in [1.165, 1.54) is 5.56 Å². The molecule has 2 heterocycles. The van der Waals surface area contributed by atoms with Gasteiger partial charge in [0.15, 0.2) is 10.9 Å². The molecule has 1 aromatic rings. The molecule has 2 aliphatic rings. The van der Waals surface area contributed by atoms with E-state index in [4.69, 9.17) is 17.0 Å². The highest BCUT2D eigenvalue weighted by atomic mass is 32.1. The van der Waals surface area contributed by atoms with Crippen molar-refractivity contribution in [2.24, 2.45) is 5.92 Å². The van der Waals surface area contributed by atoms with Crippen LogP contribution in [0.5, 0.6) is 0 Å². The van der Waals surface area contributed by atoms with Crippen LogP contribution in [0.15, 0.2) is 24.3 Å². The highest BCUT2D eigenvalue weighted by Crippen LogP contribution is 2.22. The third kappa shape index (κ3) is 4.33. The summed E-state index contributed by atoms with van der Waals surface area (Å²) < 4.78 is 5.61. The van der Waals surface area contributed by atoms with Crippen LogP contribution in [-0.4, -0.2) is 48.1 Å². The summed E-state index contributed by atoms with van der Waals surface area (Å²) in [5, 5.41) is 4.12. The lowest BCUT2D eigenvalue weighted by Crippen LogP contribution is -2.47. The van der Waals surface area contributed by atoms with Gasteiger partial charge in [-0.15, -0.1) is 0 Å². The number of ketones is 1. The van der Waals surface area contributed by atoms with Crippen LogP contribution in [0.4, 0.5) is 0 Å². The molecule has 24 heavy (non-hydrogen) atoms. The third-order valence-corrected chi connectivity index (χ3v) is 5.40. The van der Waals surface area contributed by atoms with Crippen LogP contribution in [0.2, 0.25) is 0 Å². The van der Waals surface area contributed by atoms with E-state index in [9.17, 15) is 4.79 Å². The van der Waals surface area contributed by atoms with E-state index >= 15 is 0 Å². The van der Waals surface area contributed by atoms with E-state index in [2.05, 4.69) is 10.2 Å². The van der Waals surface area contributed by atoms with Gasteiger partial charge in [-0.25, -0.2) is 0 Å². The summed E-state index contributed by atoms with van der Waals surface area (Å²) in [5.74, 6) is 0.387. The van der Waals surface area contributed by atoms with Gasteiger partial charge in [0.25, 0.3) is 0 Å². The van der Waals surface area contributed by atoms with Gasteiger partial charge < -0.3 is 15.0 Å². The lowest BCUT2D eigenvalue weighted by molar-refractivity contribution is 0.0871. The molecule has 0 unspecified atom stereocenters. The molecule has 0 aliphatic carbocycles. The zero-order chi connectivity index (χ0) is 16.9. The first-order valence-electron chi connectivity index (χ1n) is 8.89. The summed E-state index contributed by atoms with van der Waals surface area (Å²) >= 11 is 5.50. The lowest BCUT2D eigenvalue weighted by atomic mass is 9.89. The molecule has 2 fully saturated rings. The Morgan fingerprint density at radius 1 is 1.25 bits per heavy atom. The first-order chi connectivity index (χ1) is 11.6. The summed E-state index contributed by atoms with van der Waals surface area (Å²) in [4.78, 5) is 14.8. The lowest BCUT2D eigenvalue weighted by Gasteiger charge is -2.33. The zero-order valence-electron chi connectivity index (χ0n) is 14.3. The Labute approximate surface area is 149 Å². The number of rotatable bonds is 4. The largest absolute Gasteiger partial charge is 0.376 e. The number of hydrogen-bond acceptors (Lipinski definition) is 3. The number of carbonyl (C=O) groups excluding carboxylic acids is 1. The number of likely N-dealkylation sites (tertiary alicyclic amines) is 1. The summed E-state index contributed by atoms with van der Waals surface area (Å²) in [6, 6.07) is 7.90. The van der Waals surface area contributed by atoms with E-state index in [0.29, 0.717) is 6.10 Å². The number of nitrogens with zero attached hydrogens (tertiary/aromatic N) is 1. The van der Waals surface area contributed by atoms with Gasteiger partial charge in [0, 0.05) is 37.7 Å². The number of carbonyl (C=O) groups is 1. The van der Waals surface area contributed by atoms with Crippen LogP contribution in [-0.2, 0) is 4.74 Å². The van der Waals surface area contributed by atoms with E-state index < -0.39 is 0 Å². The molecule has 0 spiro atoms. The molecule has 2 saturated heterocycles. The quantitative estimate of drug-likeness (QED) is 0.671. The summed E-state index contributed by atoms with van der Waals surface area (Å²) in [7, 11) is 0. The molecule has 0 radical (unpaired) electrons. The van der Waals surface area contributed by atoms with Crippen molar-refractivity contribution in [2.45, 2.75) is 38.7 Å². The maximum absolute atomic E-state index is 12.6. The predicted octanol–water partition coefficient (Wildman–Crippen LogP) is 2.94. The van der Waals surface area contributed by atoms with Gasteiger partial charge in [-0.05, 0) is 44.8 Å².